The zero-order chi connectivity index (χ0) is 15.2. The predicted molar refractivity (Wildman–Crippen MR) is 80.2 cm³/mol. The van der Waals surface area contributed by atoms with Crippen molar-refractivity contribution in [2.75, 3.05) is 6.61 Å². The summed E-state index contributed by atoms with van der Waals surface area (Å²) in [6.07, 6.45) is 0. The summed E-state index contributed by atoms with van der Waals surface area (Å²) in [6.45, 7) is -0.453. The highest BCUT2D eigenvalue weighted by Gasteiger charge is 2.05. The molecule has 0 saturated heterocycles. The molecule has 0 unspecified atom stereocenters. The fourth-order valence-corrected chi connectivity index (χ4v) is 1.79. The number of carbonyl (C=O) groups is 1. The first-order chi connectivity index (χ1) is 10.0. The minimum Gasteiger partial charge on any atom is -0.480 e. The predicted octanol–water partition coefficient (Wildman–Crippen LogP) is 4.87. The van der Waals surface area contributed by atoms with Crippen LogP contribution in [0.3, 0.4) is 0 Å². The Morgan fingerprint density at radius 1 is 1.05 bits per heavy atom. The first-order valence-electron chi connectivity index (χ1n) is 5.86. The molecule has 0 fully saturated rings. The highest BCUT2D eigenvalue weighted by atomic mass is 35.5. The van der Waals surface area contributed by atoms with Crippen molar-refractivity contribution in [1.29, 1.82) is 0 Å². The molecule has 0 aliphatic rings. The van der Waals surface area contributed by atoms with Crippen LogP contribution < -0.4 is 4.74 Å². The third-order valence-corrected chi connectivity index (χ3v) is 2.92. The summed E-state index contributed by atoms with van der Waals surface area (Å²) < 4.78 is 5.01. The van der Waals surface area contributed by atoms with Crippen LogP contribution in [0.1, 0.15) is 0 Å². The number of halogens is 2. The molecule has 0 bridgehead atoms. The van der Waals surface area contributed by atoms with Crippen LogP contribution in [-0.2, 0) is 4.79 Å². The molecule has 0 aliphatic heterocycles. The third kappa shape index (κ3) is 4.73. The minimum absolute atomic E-state index is 0.267. The van der Waals surface area contributed by atoms with Crippen molar-refractivity contribution < 1.29 is 14.6 Å². The second kappa shape index (κ2) is 7.06. The van der Waals surface area contributed by atoms with Gasteiger partial charge in [-0.2, -0.15) is 10.2 Å². The number of carboxylic acid groups (broad SMARTS) is 1. The average Bonchev–Trinajstić information content (AvgIpc) is 2.45. The molecule has 0 heterocycles. The molecule has 108 valence electrons. The molecule has 1 N–H and O–H groups in total. The van der Waals surface area contributed by atoms with Gasteiger partial charge < -0.3 is 9.84 Å². The summed E-state index contributed by atoms with van der Waals surface area (Å²) in [6, 6.07) is 11.6. The number of aliphatic carboxylic acids is 1. The van der Waals surface area contributed by atoms with E-state index >= 15 is 0 Å². The van der Waals surface area contributed by atoms with Crippen LogP contribution in [-0.4, -0.2) is 17.7 Å². The van der Waals surface area contributed by atoms with Gasteiger partial charge in [-0.1, -0.05) is 23.2 Å². The Morgan fingerprint density at radius 3 is 2.29 bits per heavy atom. The Bertz CT molecular complexity index is 672. The first kappa shape index (κ1) is 15.3. The summed E-state index contributed by atoms with van der Waals surface area (Å²) >= 11 is 11.8. The van der Waals surface area contributed by atoms with Gasteiger partial charge in [-0.05, 0) is 42.5 Å². The normalized spacial score (nSPS) is 10.8. The Morgan fingerprint density at radius 2 is 1.67 bits per heavy atom. The van der Waals surface area contributed by atoms with Crippen molar-refractivity contribution in [2.45, 2.75) is 0 Å². The number of azo groups is 1. The molecule has 0 aliphatic carbocycles. The lowest BCUT2D eigenvalue weighted by atomic mass is 10.3. The average molecular weight is 325 g/mol. The highest BCUT2D eigenvalue weighted by molar-refractivity contribution is 6.32. The van der Waals surface area contributed by atoms with Gasteiger partial charge in [0.2, 0.25) is 0 Å². The lowest BCUT2D eigenvalue weighted by molar-refractivity contribution is -0.139. The molecule has 0 saturated carbocycles. The van der Waals surface area contributed by atoms with Gasteiger partial charge in [0.25, 0.3) is 0 Å². The Labute approximate surface area is 130 Å². The van der Waals surface area contributed by atoms with E-state index in [0.29, 0.717) is 16.4 Å². The number of nitrogens with zero attached hydrogens (tertiary/aromatic N) is 2. The van der Waals surface area contributed by atoms with Crippen LogP contribution in [0.15, 0.2) is 52.7 Å². The first-order valence-corrected chi connectivity index (χ1v) is 6.61. The van der Waals surface area contributed by atoms with Gasteiger partial charge in [0.05, 0.1) is 16.4 Å². The maximum absolute atomic E-state index is 10.4. The van der Waals surface area contributed by atoms with Crippen molar-refractivity contribution in [3.63, 3.8) is 0 Å². The molecule has 21 heavy (non-hydrogen) atoms. The number of benzene rings is 2. The van der Waals surface area contributed by atoms with Crippen molar-refractivity contribution >= 4 is 40.5 Å². The van der Waals surface area contributed by atoms with E-state index in [4.69, 9.17) is 33.0 Å². The molecule has 0 amide bonds. The Balaban J connectivity index is 2.09. The molecule has 0 spiro atoms. The third-order valence-electron chi connectivity index (χ3n) is 2.37. The van der Waals surface area contributed by atoms with Gasteiger partial charge in [-0.25, -0.2) is 4.79 Å². The summed E-state index contributed by atoms with van der Waals surface area (Å²) in [5, 5.41) is 17.5. The van der Waals surface area contributed by atoms with Crippen LogP contribution in [0, 0.1) is 0 Å². The smallest absolute Gasteiger partial charge is 0.341 e. The molecule has 2 aromatic rings. The van der Waals surface area contributed by atoms with Gasteiger partial charge >= 0.3 is 5.97 Å². The zero-order valence-corrected chi connectivity index (χ0v) is 12.2. The fourth-order valence-electron chi connectivity index (χ4n) is 1.43. The molecule has 0 aromatic heterocycles. The summed E-state index contributed by atoms with van der Waals surface area (Å²) in [7, 11) is 0. The molecule has 0 atom stereocenters. The van der Waals surface area contributed by atoms with E-state index in [9.17, 15) is 4.79 Å². The number of rotatable bonds is 5. The second-order valence-corrected chi connectivity index (χ2v) is 4.82. The van der Waals surface area contributed by atoms with Crippen LogP contribution >= 0.6 is 23.2 Å². The maximum atomic E-state index is 10.4. The van der Waals surface area contributed by atoms with Gasteiger partial charge in [-0.3, -0.25) is 0 Å². The molecule has 5 nitrogen and oxygen atoms in total. The largest absolute Gasteiger partial charge is 0.480 e. The van der Waals surface area contributed by atoms with Gasteiger partial charge in [0, 0.05) is 5.02 Å². The maximum Gasteiger partial charge on any atom is 0.341 e. The van der Waals surface area contributed by atoms with Crippen molar-refractivity contribution in [1.82, 2.24) is 0 Å². The van der Waals surface area contributed by atoms with Crippen LogP contribution in [0.4, 0.5) is 11.4 Å². The van der Waals surface area contributed by atoms with Gasteiger partial charge in [-0.15, -0.1) is 0 Å². The van der Waals surface area contributed by atoms with E-state index < -0.39 is 12.6 Å². The van der Waals surface area contributed by atoms with Gasteiger partial charge in [0.1, 0.15) is 5.75 Å². The molecule has 0 radical (unpaired) electrons. The lowest BCUT2D eigenvalue weighted by Crippen LogP contribution is -2.09. The van der Waals surface area contributed by atoms with Crippen LogP contribution in [0.2, 0.25) is 10.0 Å². The molecular weight excluding hydrogens is 315 g/mol. The van der Waals surface area contributed by atoms with Crippen molar-refractivity contribution in [3.8, 4) is 5.75 Å². The Kier molecular flexibility index (Phi) is 5.14. The number of hydrogen-bond acceptors (Lipinski definition) is 4. The summed E-state index contributed by atoms with van der Waals surface area (Å²) in [4.78, 5) is 10.4. The molecule has 7 heteroatoms. The molecular formula is C14H10Cl2N2O3. The molecule has 2 aromatic carbocycles. The van der Waals surface area contributed by atoms with E-state index in [1.54, 1.807) is 36.4 Å². The van der Waals surface area contributed by atoms with E-state index in [0.717, 1.165) is 0 Å². The number of ether oxygens (including phenoxy) is 1. The highest BCUT2D eigenvalue weighted by Crippen LogP contribution is 2.30. The SMILES string of the molecule is O=C(O)COc1ccc(N=Nc2ccc(Cl)cc2)cc1Cl. The van der Waals surface area contributed by atoms with Crippen molar-refractivity contribution in [2.24, 2.45) is 10.2 Å². The second-order valence-electron chi connectivity index (χ2n) is 3.97. The molecule has 2 rings (SSSR count). The monoisotopic (exact) mass is 324 g/mol. The Hall–Kier alpha value is -2.11. The number of carboxylic acids is 1. The standard InChI is InChI=1S/C14H10Cl2N2O3/c15-9-1-3-10(4-2-9)17-18-11-5-6-13(12(16)7-11)21-8-14(19)20/h1-7H,8H2,(H,19,20). The van der Waals surface area contributed by atoms with E-state index in [1.165, 1.54) is 6.07 Å². The van der Waals surface area contributed by atoms with Gasteiger partial charge in [0.15, 0.2) is 6.61 Å². The number of hydrogen-bond donors (Lipinski definition) is 1. The minimum atomic E-state index is -1.07. The summed E-state index contributed by atoms with van der Waals surface area (Å²) in [5.41, 5.74) is 1.18. The quantitative estimate of drug-likeness (QED) is 0.797. The lowest BCUT2D eigenvalue weighted by Gasteiger charge is -2.05. The van der Waals surface area contributed by atoms with E-state index in [-0.39, 0.29) is 10.8 Å². The van der Waals surface area contributed by atoms with Crippen molar-refractivity contribution in [3.05, 3.63) is 52.5 Å². The topological polar surface area (TPSA) is 71.2 Å². The van der Waals surface area contributed by atoms with Crippen LogP contribution in [0.5, 0.6) is 5.75 Å². The van der Waals surface area contributed by atoms with E-state index in [2.05, 4.69) is 10.2 Å². The fraction of sp³-hybridized carbons (Fsp3) is 0.0714. The summed E-state index contributed by atoms with van der Waals surface area (Å²) in [5.74, 6) is -0.790. The van der Waals surface area contributed by atoms with E-state index in [1.807, 2.05) is 0 Å². The zero-order valence-electron chi connectivity index (χ0n) is 10.7. The van der Waals surface area contributed by atoms with Crippen LogP contribution in [0.25, 0.3) is 0 Å².